The quantitative estimate of drug-likeness (QED) is 0.859. The van der Waals surface area contributed by atoms with Gasteiger partial charge in [-0.3, -0.25) is 0 Å². The van der Waals surface area contributed by atoms with E-state index < -0.39 is 0 Å². The van der Waals surface area contributed by atoms with Crippen LogP contribution in [0.5, 0.6) is 0 Å². The maximum atomic E-state index is 11.5. The number of nitrogens with zero attached hydrogens (tertiary/aromatic N) is 6. The molecule has 2 fully saturated rings. The molecule has 0 radical (unpaired) electrons. The number of cyclic esters (lactones) is 1. The zero-order valence-electron chi connectivity index (χ0n) is 13.5. The zero-order valence-corrected chi connectivity index (χ0v) is 13.5. The highest BCUT2D eigenvalue weighted by Crippen LogP contribution is 2.21. The monoisotopic (exact) mass is 331 g/mol. The molecule has 0 aromatic carbocycles. The minimum atomic E-state index is -0.242. The van der Waals surface area contributed by atoms with Crippen molar-refractivity contribution in [3.8, 4) is 11.5 Å². The molecule has 4 heterocycles. The fourth-order valence-corrected chi connectivity index (χ4v) is 3.21. The lowest BCUT2D eigenvalue weighted by molar-refractivity contribution is 0.157. The van der Waals surface area contributed by atoms with E-state index in [1.165, 1.54) is 0 Å². The molecule has 2 aromatic rings. The summed E-state index contributed by atoms with van der Waals surface area (Å²) in [5.41, 5.74) is 0.766. The molecule has 0 unspecified atom stereocenters. The number of nitrogens with one attached hydrogen (secondary N) is 1. The maximum absolute atomic E-state index is 11.5. The van der Waals surface area contributed by atoms with Gasteiger partial charge in [-0.05, 0) is 25.9 Å². The first-order valence-corrected chi connectivity index (χ1v) is 8.37. The fourth-order valence-electron chi connectivity index (χ4n) is 3.21. The van der Waals surface area contributed by atoms with Crippen LogP contribution in [-0.4, -0.2) is 68.3 Å². The van der Waals surface area contributed by atoms with Crippen LogP contribution in [0.25, 0.3) is 11.5 Å². The Morgan fingerprint density at radius 3 is 2.96 bits per heavy atom. The number of rotatable bonds is 5. The van der Waals surface area contributed by atoms with Gasteiger partial charge >= 0.3 is 6.09 Å². The minimum Gasteiger partial charge on any atom is -0.448 e. The molecule has 0 aliphatic carbocycles. The van der Waals surface area contributed by atoms with Crippen molar-refractivity contribution in [2.75, 3.05) is 32.8 Å². The van der Waals surface area contributed by atoms with Gasteiger partial charge in [-0.25, -0.2) is 14.5 Å². The van der Waals surface area contributed by atoms with Crippen molar-refractivity contribution in [2.45, 2.75) is 25.4 Å². The Hall–Kier alpha value is -2.42. The van der Waals surface area contributed by atoms with Crippen LogP contribution in [0, 0.1) is 0 Å². The zero-order chi connectivity index (χ0) is 16.4. The lowest BCUT2D eigenvalue weighted by atomic mass is 10.1. The number of ether oxygens (including phenoxy) is 1. The van der Waals surface area contributed by atoms with Crippen molar-refractivity contribution in [1.82, 2.24) is 34.8 Å². The smallest absolute Gasteiger partial charge is 0.410 e. The molecule has 0 spiro atoms. The molecule has 2 aliphatic rings. The van der Waals surface area contributed by atoms with Gasteiger partial charge in [-0.1, -0.05) is 5.21 Å². The fraction of sp³-hybridized carbons (Fsp3) is 0.600. The summed E-state index contributed by atoms with van der Waals surface area (Å²) in [5, 5.41) is 11.9. The van der Waals surface area contributed by atoms with Gasteiger partial charge in [0.1, 0.15) is 12.3 Å². The number of amides is 1. The SMILES string of the molecule is O=C1OCCN1CCn1ccnc1-c1cn(C2CCNCC2)nn1. The van der Waals surface area contributed by atoms with Crippen LogP contribution < -0.4 is 5.32 Å². The number of hydrogen-bond donors (Lipinski definition) is 1. The van der Waals surface area contributed by atoms with Gasteiger partial charge in [0.05, 0.1) is 18.8 Å². The molecule has 24 heavy (non-hydrogen) atoms. The summed E-state index contributed by atoms with van der Waals surface area (Å²) in [7, 11) is 0. The summed E-state index contributed by atoms with van der Waals surface area (Å²) >= 11 is 0. The number of hydrogen-bond acceptors (Lipinski definition) is 6. The number of carbonyl (C=O) groups is 1. The Morgan fingerprint density at radius 2 is 2.17 bits per heavy atom. The molecule has 128 valence electrons. The van der Waals surface area contributed by atoms with Crippen molar-refractivity contribution in [2.24, 2.45) is 0 Å². The average molecular weight is 331 g/mol. The highest BCUT2D eigenvalue weighted by molar-refractivity contribution is 5.69. The van der Waals surface area contributed by atoms with Crippen LogP contribution in [0.1, 0.15) is 18.9 Å². The summed E-state index contributed by atoms with van der Waals surface area (Å²) in [6.45, 7) is 4.41. The van der Waals surface area contributed by atoms with Crippen LogP contribution in [0.4, 0.5) is 4.79 Å². The van der Waals surface area contributed by atoms with Crippen molar-refractivity contribution < 1.29 is 9.53 Å². The summed E-state index contributed by atoms with van der Waals surface area (Å²) in [6, 6.07) is 0.398. The third-order valence-corrected chi connectivity index (χ3v) is 4.59. The van der Waals surface area contributed by atoms with Crippen molar-refractivity contribution in [1.29, 1.82) is 0 Å². The Kier molecular flexibility index (Phi) is 4.16. The number of imidazole rings is 1. The molecule has 2 saturated heterocycles. The largest absolute Gasteiger partial charge is 0.448 e. The summed E-state index contributed by atoms with van der Waals surface area (Å²) in [4.78, 5) is 17.6. The van der Waals surface area contributed by atoms with Gasteiger partial charge < -0.3 is 19.5 Å². The van der Waals surface area contributed by atoms with E-state index in [2.05, 4.69) is 20.6 Å². The Labute approximate surface area is 139 Å². The third kappa shape index (κ3) is 2.99. The van der Waals surface area contributed by atoms with Crippen LogP contribution in [0.2, 0.25) is 0 Å². The summed E-state index contributed by atoms with van der Waals surface area (Å²) in [6.07, 6.45) is 7.51. The van der Waals surface area contributed by atoms with E-state index >= 15 is 0 Å². The standard InChI is InChI=1S/C15H21N7O2/c23-15-21(9-10-24-15)8-7-20-6-5-17-14(20)13-11-22(19-18-13)12-1-3-16-4-2-12/h5-6,11-12,16H,1-4,7-10H2. The van der Waals surface area contributed by atoms with Gasteiger partial charge in [-0.15, -0.1) is 5.10 Å². The topological polar surface area (TPSA) is 90.1 Å². The average Bonchev–Trinajstić information content (AvgIpc) is 3.34. The lowest BCUT2D eigenvalue weighted by Gasteiger charge is -2.22. The Balaban J connectivity index is 1.46. The van der Waals surface area contributed by atoms with Gasteiger partial charge in [0.15, 0.2) is 5.82 Å². The molecular formula is C15H21N7O2. The van der Waals surface area contributed by atoms with E-state index in [1.807, 2.05) is 21.6 Å². The van der Waals surface area contributed by atoms with Crippen molar-refractivity contribution in [3.63, 3.8) is 0 Å². The third-order valence-electron chi connectivity index (χ3n) is 4.59. The van der Waals surface area contributed by atoms with E-state index in [0.717, 1.165) is 37.4 Å². The van der Waals surface area contributed by atoms with Crippen molar-refractivity contribution >= 4 is 6.09 Å². The molecule has 4 rings (SSSR count). The summed E-state index contributed by atoms with van der Waals surface area (Å²) < 4.78 is 8.91. The second-order valence-corrected chi connectivity index (χ2v) is 6.11. The lowest BCUT2D eigenvalue weighted by Crippen LogP contribution is -2.29. The molecular weight excluding hydrogens is 310 g/mol. The second-order valence-electron chi connectivity index (χ2n) is 6.11. The van der Waals surface area contributed by atoms with Gasteiger partial charge in [0.25, 0.3) is 0 Å². The van der Waals surface area contributed by atoms with Crippen LogP contribution in [0.3, 0.4) is 0 Å². The first-order chi connectivity index (χ1) is 11.8. The van der Waals surface area contributed by atoms with E-state index in [9.17, 15) is 4.79 Å². The summed E-state index contributed by atoms with van der Waals surface area (Å²) in [5.74, 6) is 0.780. The molecule has 1 amide bonds. The molecule has 1 N–H and O–H groups in total. The maximum Gasteiger partial charge on any atom is 0.410 e. The van der Waals surface area contributed by atoms with Crippen LogP contribution >= 0.6 is 0 Å². The number of piperidine rings is 1. The Morgan fingerprint density at radius 1 is 1.29 bits per heavy atom. The van der Waals surface area contributed by atoms with E-state index in [1.54, 1.807) is 11.1 Å². The molecule has 9 heteroatoms. The highest BCUT2D eigenvalue weighted by atomic mass is 16.6. The van der Waals surface area contributed by atoms with Crippen molar-refractivity contribution in [3.05, 3.63) is 18.6 Å². The first-order valence-electron chi connectivity index (χ1n) is 8.37. The van der Waals surface area contributed by atoms with Crippen LogP contribution in [0.15, 0.2) is 18.6 Å². The highest BCUT2D eigenvalue weighted by Gasteiger charge is 2.22. The minimum absolute atomic E-state index is 0.242. The molecule has 2 aromatic heterocycles. The van der Waals surface area contributed by atoms with E-state index in [4.69, 9.17) is 4.74 Å². The predicted molar refractivity (Wildman–Crippen MR) is 85.3 cm³/mol. The molecule has 0 saturated carbocycles. The van der Waals surface area contributed by atoms with Gasteiger partial charge in [0, 0.05) is 25.5 Å². The number of aromatic nitrogens is 5. The van der Waals surface area contributed by atoms with E-state index in [-0.39, 0.29) is 6.09 Å². The van der Waals surface area contributed by atoms with E-state index in [0.29, 0.717) is 32.3 Å². The Bertz CT molecular complexity index is 704. The molecule has 9 nitrogen and oxygen atoms in total. The second kappa shape index (κ2) is 6.60. The predicted octanol–water partition coefficient (Wildman–Crippen LogP) is 0.518. The number of carbonyl (C=O) groups excluding carboxylic acids is 1. The molecule has 0 atom stereocenters. The normalized spacial score (nSPS) is 19.0. The molecule has 2 aliphatic heterocycles. The first kappa shape index (κ1) is 15.1. The van der Waals surface area contributed by atoms with Gasteiger partial charge in [0.2, 0.25) is 0 Å². The van der Waals surface area contributed by atoms with Gasteiger partial charge in [-0.2, -0.15) is 0 Å². The van der Waals surface area contributed by atoms with Crippen LogP contribution in [-0.2, 0) is 11.3 Å². The molecule has 0 bridgehead atoms.